The van der Waals surface area contributed by atoms with Crippen LogP contribution >= 0.6 is 11.8 Å². The first-order valence-electron chi connectivity index (χ1n) is 5.63. The van der Waals surface area contributed by atoms with Gasteiger partial charge in [0.15, 0.2) is 0 Å². The Hall–Kier alpha value is -1.82. The van der Waals surface area contributed by atoms with E-state index in [1.165, 1.54) is 18.1 Å². The van der Waals surface area contributed by atoms with Crippen LogP contribution in [0.1, 0.15) is 11.8 Å². The van der Waals surface area contributed by atoms with E-state index in [0.717, 1.165) is 0 Å². The van der Waals surface area contributed by atoms with Crippen molar-refractivity contribution in [3.05, 3.63) is 18.1 Å². The Morgan fingerprint density at radius 1 is 1.63 bits per heavy atom. The first kappa shape index (κ1) is 12.2. The Morgan fingerprint density at radius 3 is 3.16 bits per heavy atom. The Balaban J connectivity index is 2.10. The molecule has 1 aliphatic heterocycles. The van der Waals surface area contributed by atoms with Crippen molar-refractivity contribution in [1.29, 1.82) is 5.26 Å². The molecule has 0 radical (unpaired) electrons. The summed E-state index contributed by atoms with van der Waals surface area (Å²) in [5.74, 6) is 0.966. The summed E-state index contributed by atoms with van der Waals surface area (Å²) in [4.78, 5) is 8.08. The predicted octanol–water partition coefficient (Wildman–Crippen LogP) is 0.466. The van der Waals surface area contributed by atoms with Crippen molar-refractivity contribution in [2.45, 2.75) is 11.7 Å². The number of hydrogen-bond acceptors (Lipinski definition) is 7. The summed E-state index contributed by atoms with van der Waals surface area (Å²) >= 11 is 1.52. The third-order valence-corrected chi connectivity index (χ3v) is 4.06. The second-order valence-electron chi connectivity index (χ2n) is 4.06. The van der Waals surface area contributed by atoms with E-state index in [-0.39, 0.29) is 24.1 Å². The van der Waals surface area contributed by atoms with Gasteiger partial charge in [0.1, 0.15) is 35.5 Å². The van der Waals surface area contributed by atoms with Gasteiger partial charge in [-0.2, -0.15) is 5.26 Å². The van der Waals surface area contributed by atoms with E-state index in [2.05, 4.69) is 16.0 Å². The van der Waals surface area contributed by atoms with Crippen molar-refractivity contribution < 1.29 is 9.84 Å². The minimum atomic E-state index is -0.263. The minimum Gasteiger partial charge on any atom is -0.393 e. The van der Waals surface area contributed by atoms with Gasteiger partial charge in [-0.1, -0.05) is 0 Å². The molecule has 0 unspecified atom stereocenters. The van der Waals surface area contributed by atoms with Crippen LogP contribution in [0.2, 0.25) is 0 Å². The lowest BCUT2D eigenvalue weighted by molar-refractivity contribution is -0.00163. The van der Waals surface area contributed by atoms with Crippen LogP contribution in [0.4, 0.5) is 5.82 Å². The summed E-state index contributed by atoms with van der Waals surface area (Å²) in [6, 6.07) is 2.09. The lowest BCUT2D eigenvalue weighted by Gasteiger charge is -2.13. The number of nitrogens with two attached hydrogens (primary N) is 1. The highest BCUT2D eigenvalue weighted by molar-refractivity contribution is 8.00. The van der Waals surface area contributed by atoms with Crippen LogP contribution in [0.5, 0.6) is 0 Å². The number of nitrogen functional groups attached to an aromatic ring is 1. The highest BCUT2D eigenvalue weighted by atomic mass is 32.2. The molecule has 3 N–H and O–H groups in total. The van der Waals surface area contributed by atoms with Gasteiger partial charge in [0.2, 0.25) is 0 Å². The van der Waals surface area contributed by atoms with Crippen LogP contribution in [-0.4, -0.2) is 37.4 Å². The number of fused-ring (bicyclic) bond motifs is 1. The molecule has 7 nitrogen and oxygen atoms in total. The average Bonchev–Trinajstić information content (AvgIpc) is 3.02. The molecule has 0 aromatic carbocycles. The maximum Gasteiger partial charge on any atom is 0.148 e. The lowest BCUT2D eigenvalue weighted by Crippen LogP contribution is -2.14. The van der Waals surface area contributed by atoms with Crippen LogP contribution in [0.25, 0.3) is 11.0 Å². The molecule has 0 bridgehead atoms. The number of rotatable bonds is 2. The molecule has 98 valence electrons. The van der Waals surface area contributed by atoms with Gasteiger partial charge in [-0.05, 0) is 0 Å². The third-order valence-electron chi connectivity index (χ3n) is 2.95. The van der Waals surface area contributed by atoms with Crippen LogP contribution < -0.4 is 5.73 Å². The molecular weight excluding hydrogens is 266 g/mol. The van der Waals surface area contributed by atoms with Crippen LogP contribution in [-0.2, 0) is 4.74 Å². The van der Waals surface area contributed by atoms with E-state index in [0.29, 0.717) is 22.3 Å². The van der Waals surface area contributed by atoms with Gasteiger partial charge in [-0.3, -0.25) is 0 Å². The standard InChI is InChI=1S/C11H11N5O2S/c12-1-6-2-16(7-4-19-8(3-17)18-7)11-9(6)10(13)14-5-15-11/h2,5,7-8,17H,3-4H2,(H2,13,14,15)/t7-,8+/m1/s1. The SMILES string of the molecule is N#Cc1cn([C@H]2CS[C@@H](CO)O2)c2ncnc(N)c12. The molecule has 19 heavy (non-hydrogen) atoms. The molecule has 2 aromatic rings. The summed E-state index contributed by atoms with van der Waals surface area (Å²) in [5, 5.41) is 18.8. The van der Waals surface area contributed by atoms with Gasteiger partial charge in [0.05, 0.1) is 17.6 Å². The topological polar surface area (TPSA) is 110 Å². The van der Waals surface area contributed by atoms with Crippen molar-refractivity contribution in [1.82, 2.24) is 14.5 Å². The maximum absolute atomic E-state index is 9.15. The molecule has 2 aromatic heterocycles. The Morgan fingerprint density at radius 2 is 2.47 bits per heavy atom. The van der Waals surface area contributed by atoms with E-state index in [4.69, 9.17) is 20.8 Å². The van der Waals surface area contributed by atoms with Crippen molar-refractivity contribution in [3.8, 4) is 6.07 Å². The zero-order chi connectivity index (χ0) is 13.4. The fraction of sp³-hybridized carbons (Fsp3) is 0.364. The Bertz CT molecular complexity index is 665. The third kappa shape index (κ3) is 1.92. The minimum absolute atomic E-state index is 0.0391. The second kappa shape index (κ2) is 4.70. The van der Waals surface area contributed by atoms with E-state index in [9.17, 15) is 0 Å². The number of ether oxygens (including phenoxy) is 1. The Labute approximate surface area is 113 Å². The number of aromatic nitrogens is 3. The summed E-state index contributed by atoms with van der Waals surface area (Å²) in [6.45, 7) is -0.0391. The zero-order valence-electron chi connectivity index (χ0n) is 9.85. The molecule has 0 saturated carbocycles. The van der Waals surface area contributed by atoms with Gasteiger partial charge in [-0.15, -0.1) is 11.8 Å². The van der Waals surface area contributed by atoms with Gasteiger partial charge < -0.3 is 20.1 Å². The first-order chi connectivity index (χ1) is 9.24. The van der Waals surface area contributed by atoms with Crippen LogP contribution in [0.15, 0.2) is 12.5 Å². The molecule has 1 aliphatic rings. The summed E-state index contributed by atoms with van der Waals surface area (Å²) in [5.41, 5.74) is 6.56. The summed E-state index contributed by atoms with van der Waals surface area (Å²) < 4.78 is 7.44. The molecule has 0 spiro atoms. The van der Waals surface area contributed by atoms with Crippen molar-refractivity contribution in [3.63, 3.8) is 0 Å². The average molecular weight is 277 g/mol. The zero-order valence-corrected chi connectivity index (χ0v) is 10.7. The Kier molecular flexibility index (Phi) is 3.02. The van der Waals surface area contributed by atoms with Gasteiger partial charge in [0.25, 0.3) is 0 Å². The number of aliphatic hydroxyl groups excluding tert-OH is 1. The second-order valence-corrected chi connectivity index (χ2v) is 5.25. The van der Waals surface area contributed by atoms with E-state index < -0.39 is 0 Å². The number of thioether (sulfide) groups is 1. The highest BCUT2D eigenvalue weighted by Gasteiger charge is 2.29. The molecule has 0 amide bonds. The van der Waals surface area contributed by atoms with E-state index >= 15 is 0 Å². The van der Waals surface area contributed by atoms with Crippen LogP contribution in [0.3, 0.4) is 0 Å². The summed E-state index contributed by atoms with van der Waals surface area (Å²) in [6.07, 6.45) is 2.77. The van der Waals surface area contributed by atoms with Crippen LogP contribution in [0, 0.1) is 11.3 Å². The number of nitriles is 1. The molecule has 8 heteroatoms. The normalized spacial score (nSPS) is 22.7. The van der Waals surface area contributed by atoms with E-state index in [1.807, 2.05) is 0 Å². The number of aliphatic hydroxyl groups is 1. The molecule has 3 rings (SSSR count). The van der Waals surface area contributed by atoms with Crippen molar-refractivity contribution >= 4 is 28.6 Å². The van der Waals surface area contributed by atoms with E-state index in [1.54, 1.807) is 10.8 Å². The number of nitrogens with zero attached hydrogens (tertiary/aromatic N) is 4. The predicted molar refractivity (Wildman–Crippen MR) is 70.1 cm³/mol. The molecular formula is C11H11N5O2S. The molecule has 1 saturated heterocycles. The van der Waals surface area contributed by atoms with Gasteiger partial charge in [0, 0.05) is 11.9 Å². The highest BCUT2D eigenvalue weighted by Crippen LogP contribution is 2.35. The maximum atomic E-state index is 9.15. The molecule has 0 aliphatic carbocycles. The smallest absolute Gasteiger partial charge is 0.148 e. The number of hydrogen-bond donors (Lipinski definition) is 2. The summed E-state index contributed by atoms with van der Waals surface area (Å²) in [7, 11) is 0. The van der Waals surface area contributed by atoms with Crippen molar-refractivity contribution in [2.75, 3.05) is 18.1 Å². The monoisotopic (exact) mass is 277 g/mol. The molecule has 1 fully saturated rings. The van der Waals surface area contributed by atoms with Gasteiger partial charge >= 0.3 is 0 Å². The quantitative estimate of drug-likeness (QED) is 0.820. The fourth-order valence-electron chi connectivity index (χ4n) is 2.10. The fourth-order valence-corrected chi connectivity index (χ4v) is 3.03. The largest absolute Gasteiger partial charge is 0.393 e. The molecule has 2 atom stereocenters. The first-order valence-corrected chi connectivity index (χ1v) is 6.68. The van der Waals surface area contributed by atoms with Crippen molar-refractivity contribution in [2.24, 2.45) is 0 Å². The number of anilines is 1. The van der Waals surface area contributed by atoms with Gasteiger partial charge in [-0.25, -0.2) is 9.97 Å². The molecule has 3 heterocycles. The lowest BCUT2D eigenvalue weighted by atomic mass is 10.2.